The molecule has 1 heterocycles. The van der Waals surface area contributed by atoms with Gasteiger partial charge in [-0.25, -0.2) is 0 Å². The van der Waals surface area contributed by atoms with Crippen LogP contribution >= 0.6 is 0 Å². The first kappa shape index (κ1) is 13.4. The van der Waals surface area contributed by atoms with E-state index in [1.807, 2.05) is 0 Å². The first-order chi connectivity index (χ1) is 7.41. The Labute approximate surface area is 96.2 Å². The summed E-state index contributed by atoms with van der Waals surface area (Å²) in [6.07, 6.45) is 0.623. The largest absolute Gasteiger partial charge is 0.390 e. The molecular formula is C12H20O4. The molecule has 1 aliphatic heterocycles. The third-order valence-electron chi connectivity index (χ3n) is 2.53. The van der Waals surface area contributed by atoms with Crippen molar-refractivity contribution in [3.05, 3.63) is 25.3 Å². The zero-order chi connectivity index (χ0) is 12.3. The lowest BCUT2D eigenvalue weighted by atomic mass is 10.0. The minimum absolute atomic E-state index is 0.393. The van der Waals surface area contributed by atoms with E-state index in [1.165, 1.54) is 6.08 Å². The van der Waals surface area contributed by atoms with Gasteiger partial charge in [0.05, 0.1) is 6.10 Å². The maximum absolute atomic E-state index is 9.87. The quantitative estimate of drug-likeness (QED) is 0.689. The van der Waals surface area contributed by atoms with Gasteiger partial charge in [-0.1, -0.05) is 12.2 Å². The van der Waals surface area contributed by atoms with Crippen molar-refractivity contribution >= 4 is 0 Å². The molecule has 0 spiro atoms. The highest BCUT2D eigenvalue weighted by molar-refractivity contribution is 4.97. The molecule has 1 saturated heterocycles. The van der Waals surface area contributed by atoms with Gasteiger partial charge in [0.1, 0.15) is 18.3 Å². The summed E-state index contributed by atoms with van der Waals surface area (Å²) >= 11 is 0. The number of ether oxygens (including phenoxy) is 2. The summed E-state index contributed by atoms with van der Waals surface area (Å²) in [5.41, 5.74) is 0. The lowest BCUT2D eigenvalue weighted by Crippen LogP contribution is -2.41. The molecule has 4 atom stereocenters. The second kappa shape index (κ2) is 5.10. The number of aliphatic hydroxyl groups is 2. The van der Waals surface area contributed by atoms with E-state index < -0.39 is 30.2 Å². The predicted octanol–water partition coefficient (Wildman–Crippen LogP) is 0.990. The van der Waals surface area contributed by atoms with Crippen molar-refractivity contribution in [1.29, 1.82) is 0 Å². The number of aliphatic hydroxyl groups excluding tert-OH is 2. The fourth-order valence-corrected chi connectivity index (χ4v) is 1.82. The molecule has 4 nitrogen and oxygen atoms in total. The SMILES string of the molecule is C=CC[C@H](O)[C@H]1OC(C)(C)O[C@H]1[C@H](O)C=C. The van der Waals surface area contributed by atoms with Gasteiger partial charge in [0.25, 0.3) is 0 Å². The van der Waals surface area contributed by atoms with Crippen molar-refractivity contribution in [3.8, 4) is 0 Å². The monoisotopic (exact) mass is 228 g/mol. The van der Waals surface area contributed by atoms with Crippen molar-refractivity contribution in [2.45, 2.75) is 50.5 Å². The standard InChI is InChI=1S/C12H20O4/c1-5-7-9(14)11-10(8(13)6-2)15-12(3,4)16-11/h5-6,8-11,13-14H,1-2,7H2,3-4H3/t8-,9+,10+,11-/m1/s1. The average Bonchev–Trinajstić information content (AvgIpc) is 2.54. The smallest absolute Gasteiger partial charge is 0.164 e. The zero-order valence-electron chi connectivity index (χ0n) is 9.80. The summed E-state index contributed by atoms with van der Waals surface area (Å²) in [4.78, 5) is 0. The van der Waals surface area contributed by atoms with Gasteiger partial charge >= 0.3 is 0 Å². The molecule has 0 aromatic heterocycles. The Kier molecular flexibility index (Phi) is 4.27. The van der Waals surface area contributed by atoms with Crippen LogP contribution in [0.3, 0.4) is 0 Å². The normalized spacial score (nSPS) is 32.0. The Morgan fingerprint density at radius 1 is 1.25 bits per heavy atom. The molecule has 0 unspecified atom stereocenters. The van der Waals surface area contributed by atoms with Crippen LogP contribution < -0.4 is 0 Å². The third kappa shape index (κ3) is 2.92. The second-order valence-electron chi connectivity index (χ2n) is 4.38. The van der Waals surface area contributed by atoms with E-state index in [9.17, 15) is 10.2 Å². The van der Waals surface area contributed by atoms with Crippen molar-refractivity contribution in [3.63, 3.8) is 0 Å². The lowest BCUT2D eigenvalue weighted by molar-refractivity contribution is -0.158. The van der Waals surface area contributed by atoms with Crippen LogP contribution in [-0.2, 0) is 9.47 Å². The van der Waals surface area contributed by atoms with Gasteiger partial charge in [-0.3, -0.25) is 0 Å². The van der Waals surface area contributed by atoms with Crippen molar-refractivity contribution < 1.29 is 19.7 Å². The Morgan fingerprint density at radius 2 is 1.81 bits per heavy atom. The molecule has 0 aromatic carbocycles. The molecule has 2 N–H and O–H groups in total. The van der Waals surface area contributed by atoms with Crippen LogP contribution in [0, 0.1) is 0 Å². The highest BCUT2D eigenvalue weighted by atomic mass is 16.8. The fraction of sp³-hybridized carbons (Fsp3) is 0.667. The fourth-order valence-electron chi connectivity index (χ4n) is 1.82. The molecule has 0 bridgehead atoms. The van der Waals surface area contributed by atoms with Crippen LogP contribution in [0.25, 0.3) is 0 Å². The molecule has 0 saturated carbocycles. The molecule has 92 valence electrons. The third-order valence-corrected chi connectivity index (χ3v) is 2.53. The maximum atomic E-state index is 9.87. The predicted molar refractivity (Wildman–Crippen MR) is 60.8 cm³/mol. The molecule has 1 aliphatic rings. The molecule has 0 aromatic rings. The first-order valence-electron chi connectivity index (χ1n) is 5.36. The van der Waals surface area contributed by atoms with Crippen LogP contribution in [0.2, 0.25) is 0 Å². The van der Waals surface area contributed by atoms with Crippen LogP contribution in [0.1, 0.15) is 20.3 Å². The van der Waals surface area contributed by atoms with Crippen molar-refractivity contribution in [2.75, 3.05) is 0 Å². The van der Waals surface area contributed by atoms with Crippen LogP contribution in [0.5, 0.6) is 0 Å². The lowest BCUT2D eigenvalue weighted by Gasteiger charge is -2.23. The summed E-state index contributed by atoms with van der Waals surface area (Å²) in [5.74, 6) is -0.804. The molecule has 4 heteroatoms. The zero-order valence-corrected chi connectivity index (χ0v) is 9.80. The molecule has 0 radical (unpaired) electrons. The van der Waals surface area contributed by atoms with E-state index in [-0.39, 0.29) is 0 Å². The molecule has 1 rings (SSSR count). The minimum Gasteiger partial charge on any atom is -0.390 e. The highest BCUT2D eigenvalue weighted by Gasteiger charge is 2.46. The van der Waals surface area contributed by atoms with Gasteiger partial charge in [0, 0.05) is 0 Å². The summed E-state index contributed by atoms with van der Waals surface area (Å²) in [5, 5.41) is 19.6. The average molecular weight is 228 g/mol. The molecule has 0 aliphatic carbocycles. The van der Waals surface area contributed by atoms with E-state index in [0.29, 0.717) is 6.42 Å². The summed E-state index contributed by atoms with van der Waals surface area (Å²) < 4.78 is 11.1. The molecule has 1 fully saturated rings. The van der Waals surface area contributed by atoms with E-state index >= 15 is 0 Å². The van der Waals surface area contributed by atoms with E-state index in [4.69, 9.17) is 9.47 Å². The van der Waals surface area contributed by atoms with Gasteiger partial charge in [-0.2, -0.15) is 0 Å². The van der Waals surface area contributed by atoms with Crippen molar-refractivity contribution in [2.24, 2.45) is 0 Å². The Balaban J connectivity index is 2.79. The van der Waals surface area contributed by atoms with Crippen LogP contribution in [-0.4, -0.2) is 40.4 Å². The van der Waals surface area contributed by atoms with E-state index in [0.717, 1.165) is 0 Å². The van der Waals surface area contributed by atoms with Gasteiger partial charge in [0.15, 0.2) is 5.79 Å². The second-order valence-corrected chi connectivity index (χ2v) is 4.38. The van der Waals surface area contributed by atoms with Crippen LogP contribution in [0.4, 0.5) is 0 Å². The minimum atomic E-state index is -0.855. The maximum Gasteiger partial charge on any atom is 0.164 e. The Bertz CT molecular complexity index is 262. The van der Waals surface area contributed by atoms with Gasteiger partial charge in [-0.15, -0.1) is 13.2 Å². The Morgan fingerprint density at radius 3 is 2.31 bits per heavy atom. The van der Waals surface area contributed by atoms with Crippen molar-refractivity contribution in [1.82, 2.24) is 0 Å². The number of hydrogen-bond donors (Lipinski definition) is 2. The highest BCUT2D eigenvalue weighted by Crippen LogP contribution is 2.32. The van der Waals surface area contributed by atoms with Gasteiger partial charge in [0.2, 0.25) is 0 Å². The first-order valence-corrected chi connectivity index (χ1v) is 5.36. The summed E-state index contributed by atoms with van der Waals surface area (Å²) in [7, 11) is 0. The Hall–Kier alpha value is -0.680. The van der Waals surface area contributed by atoms with Gasteiger partial charge in [-0.05, 0) is 20.3 Å². The molecule has 16 heavy (non-hydrogen) atoms. The molecular weight excluding hydrogens is 208 g/mol. The van der Waals surface area contributed by atoms with E-state index in [1.54, 1.807) is 19.9 Å². The van der Waals surface area contributed by atoms with Crippen LogP contribution in [0.15, 0.2) is 25.3 Å². The summed E-state index contributed by atoms with van der Waals surface area (Å²) in [6.45, 7) is 10.6. The van der Waals surface area contributed by atoms with E-state index in [2.05, 4.69) is 13.2 Å². The van der Waals surface area contributed by atoms with Gasteiger partial charge < -0.3 is 19.7 Å². The summed E-state index contributed by atoms with van der Waals surface area (Å²) in [6, 6.07) is 0. The molecule has 0 amide bonds. The topological polar surface area (TPSA) is 58.9 Å². The number of rotatable bonds is 5. The number of hydrogen-bond acceptors (Lipinski definition) is 4.